The van der Waals surface area contributed by atoms with Gasteiger partial charge < -0.3 is 106 Å². The van der Waals surface area contributed by atoms with Crippen LogP contribution in [0.4, 0.5) is 0 Å². The lowest BCUT2D eigenvalue weighted by Gasteiger charge is -2.24. The first-order valence-electron chi connectivity index (χ1n) is 14.8. The fourth-order valence-corrected chi connectivity index (χ4v) is 2.64. The predicted molar refractivity (Wildman–Crippen MR) is 181 cm³/mol. The number of aliphatic hydroxyl groups excluding tert-OH is 6. The van der Waals surface area contributed by atoms with Crippen molar-refractivity contribution in [1.29, 1.82) is 10.8 Å². The highest BCUT2D eigenvalue weighted by Gasteiger charge is 2.29. The van der Waals surface area contributed by atoms with Crippen LogP contribution in [0.1, 0.15) is 44.9 Å². The van der Waals surface area contributed by atoms with Crippen molar-refractivity contribution in [3.8, 4) is 0 Å². The molecule has 0 bridgehead atoms. The fourth-order valence-electron chi connectivity index (χ4n) is 2.64. The summed E-state index contributed by atoms with van der Waals surface area (Å²) in [7, 11) is -4.64. The second-order valence-electron chi connectivity index (χ2n) is 10.1. The fraction of sp³-hybridized carbons (Fsp3) is 0.792. The van der Waals surface area contributed by atoms with Gasteiger partial charge in [-0.25, -0.2) is 4.57 Å². The highest BCUT2D eigenvalue weighted by molar-refractivity contribution is 7.45. The van der Waals surface area contributed by atoms with E-state index in [1.54, 1.807) is 0 Å². The molecular formula is C24H59N10O16P. The Labute approximate surface area is 293 Å². The van der Waals surface area contributed by atoms with Crippen LogP contribution in [0.15, 0.2) is 0 Å². The SMILES string of the molecule is N=C(N)NCCCC(N)C(=O)O.N=C(N)NCCCC(N)C(=O)O.NCCCCC(N)C(=O)O.O=P(O)(O)O.OCC(O)C(O)C(O)C(O)CO. The van der Waals surface area contributed by atoms with Gasteiger partial charge in [-0.15, -0.1) is 0 Å². The molecule has 0 aromatic rings. The molecule has 27 heteroatoms. The molecule has 0 heterocycles. The van der Waals surface area contributed by atoms with Gasteiger partial charge in [0.25, 0.3) is 0 Å². The highest BCUT2D eigenvalue weighted by atomic mass is 31.2. The number of aliphatic carboxylic acids is 3. The number of hydrogen-bond donors (Lipinski definition) is 22. The maximum absolute atomic E-state index is 10.2. The number of rotatable bonds is 20. The molecule has 7 unspecified atom stereocenters. The van der Waals surface area contributed by atoms with Crippen LogP contribution >= 0.6 is 7.82 Å². The second kappa shape index (κ2) is 35.1. The summed E-state index contributed by atoms with van der Waals surface area (Å²) in [4.78, 5) is 52.1. The molecule has 306 valence electrons. The van der Waals surface area contributed by atoms with Gasteiger partial charge in [-0.1, -0.05) is 6.42 Å². The molecule has 0 aliphatic rings. The molecule has 7 atom stereocenters. The largest absolute Gasteiger partial charge is 0.480 e. The summed E-state index contributed by atoms with van der Waals surface area (Å²) in [5.41, 5.74) is 30.8. The van der Waals surface area contributed by atoms with Crippen LogP contribution in [0.25, 0.3) is 0 Å². The molecule has 0 aromatic heterocycles. The number of phosphoric acid groups is 1. The third-order valence-electron chi connectivity index (χ3n) is 5.45. The van der Waals surface area contributed by atoms with Gasteiger partial charge in [-0.2, -0.15) is 0 Å². The monoisotopic (exact) mass is 774 g/mol. The van der Waals surface area contributed by atoms with Crippen LogP contribution in [0.3, 0.4) is 0 Å². The first-order valence-corrected chi connectivity index (χ1v) is 16.4. The first kappa shape index (κ1) is 57.0. The molecule has 0 aromatic carbocycles. The zero-order valence-electron chi connectivity index (χ0n) is 27.9. The molecule has 0 saturated carbocycles. The number of aliphatic hydroxyl groups is 6. The molecule has 28 N–H and O–H groups in total. The Kier molecular flexibility index (Phi) is 39.2. The van der Waals surface area contributed by atoms with Crippen molar-refractivity contribution in [2.24, 2.45) is 34.4 Å². The molecule has 0 amide bonds. The van der Waals surface area contributed by atoms with Crippen molar-refractivity contribution < 1.29 is 79.6 Å². The first-order chi connectivity index (χ1) is 23.3. The standard InChI is InChI=1S/2C6H14N4O2.C6H14N2O2.C6H14O6.H3O4P/c2*7-4(5(11)12)2-1-3-10-6(8)9;7-4-2-1-3-5(8)6(9)10;7-1-3(9)5(11)6(12)4(10)2-8;1-5(2,3)4/h2*4H,1-3,7H2,(H,11,12)(H4,8,9,10);5H,1-4,7-8H2,(H,9,10);3-12H,1-2H2;(H3,1,2,3,4). The van der Waals surface area contributed by atoms with E-state index in [1.165, 1.54) is 0 Å². The molecule has 26 nitrogen and oxygen atoms in total. The van der Waals surface area contributed by atoms with Gasteiger partial charge in [0.15, 0.2) is 11.9 Å². The normalized spacial score (nSPS) is 14.5. The average molecular weight is 775 g/mol. The third-order valence-corrected chi connectivity index (χ3v) is 5.45. The number of carboxylic acid groups (broad SMARTS) is 3. The highest BCUT2D eigenvalue weighted by Crippen LogP contribution is 2.25. The van der Waals surface area contributed by atoms with Gasteiger partial charge in [0.05, 0.1) is 13.2 Å². The Morgan fingerprint density at radius 2 is 0.863 bits per heavy atom. The van der Waals surface area contributed by atoms with Crippen molar-refractivity contribution in [1.82, 2.24) is 10.6 Å². The maximum atomic E-state index is 10.2. The van der Waals surface area contributed by atoms with Gasteiger partial charge in [0.2, 0.25) is 0 Å². The second-order valence-corrected chi connectivity index (χ2v) is 11.1. The number of nitrogens with one attached hydrogen (secondary N) is 4. The Hall–Kier alpha value is -3.34. The topological polar surface area (TPSA) is 539 Å². The molecule has 0 fully saturated rings. The van der Waals surface area contributed by atoms with Gasteiger partial charge in [-0.05, 0) is 45.1 Å². The number of unbranched alkanes of at least 4 members (excludes halogenated alkanes) is 1. The molecule has 0 aliphatic heterocycles. The lowest BCUT2D eigenvalue weighted by atomic mass is 10.0. The van der Waals surface area contributed by atoms with Crippen LogP contribution in [-0.2, 0) is 18.9 Å². The van der Waals surface area contributed by atoms with E-state index in [1.807, 2.05) is 0 Å². The van der Waals surface area contributed by atoms with Crippen molar-refractivity contribution in [3.05, 3.63) is 0 Å². The Bertz CT molecular complexity index is 924. The maximum Gasteiger partial charge on any atom is 0.466 e. The Morgan fingerprint density at radius 1 is 0.608 bits per heavy atom. The number of carbonyl (C=O) groups is 3. The van der Waals surface area contributed by atoms with Gasteiger partial charge in [0, 0.05) is 13.1 Å². The van der Waals surface area contributed by atoms with Crippen LogP contribution in [0.5, 0.6) is 0 Å². The molecule has 0 radical (unpaired) electrons. The summed E-state index contributed by atoms with van der Waals surface area (Å²) in [6.45, 7) is 0.117. The minimum absolute atomic E-state index is 0.112. The summed E-state index contributed by atoms with van der Waals surface area (Å²) >= 11 is 0. The molecule has 0 saturated heterocycles. The zero-order chi connectivity index (χ0) is 41.3. The quantitative estimate of drug-likeness (QED) is 0.0236. The molecule has 0 spiro atoms. The number of nitrogens with two attached hydrogens (primary N) is 6. The van der Waals surface area contributed by atoms with E-state index in [0.717, 1.165) is 12.8 Å². The van der Waals surface area contributed by atoms with Crippen molar-refractivity contribution in [2.75, 3.05) is 32.8 Å². The van der Waals surface area contributed by atoms with Gasteiger partial charge in [-0.3, -0.25) is 25.2 Å². The van der Waals surface area contributed by atoms with E-state index < -0.39 is 81.5 Å². The summed E-state index contributed by atoms with van der Waals surface area (Å²) in [5, 5.41) is 95.9. The van der Waals surface area contributed by atoms with E-state index >= 15 is 0 Å². The molecule has 0 rings (SSSR count). The van der Waals surface area contributed by atoms with E-state index in [2.05, 4.69) is 10.6 Å². The van der Waals surface area contributed by atoms with E-state index in [4.69, 9.17) is 110 Å². The lowest BCUT2D eigenvalue weighted by molar-refractivity contribution is -0.139. The summed E-state index contributed by atoms with van der Waals surface area (Å²) in [6, 6.07) is -2.36. The van der Waals surface area contributed by atoms with Crippen molar-refractivity contribution in [3.63, 3.8) is 0 Å². The summed E-state index contributed by atoms with van der Waals surface area (Å²) in [6.07, 6.45) is -2.28. The number of hydrogen-bond acceptors (Lipinski definition) is 16. The zero-order valence-corrected chi connectivity index (χ0v) is 28.8. The number of carboxylic acids is 3. The third kappa shape index (κ3) is 48.8. The lowest BCUT2D eigenvalue weighted by Crippen LogP contribution is -2.46. The van der Waals surface area contributed by atoms with E-state index in [0.29, 0.717) is 51.7 Å². The summed E-state index contributed by atoms with van der Waals surface area (Å²) in [5.74, 6) is -3.16. The van der Waals surface area contributed by atoms with Crippen LogP contribution in [0.2, 0.25) is 0 Å². The smallest absolute Gasteiger partial charge is 0.466 e. The Morgan fingerprint density at radius 3 is 1.06 bits per heavy atom. The van der Waals surface area contributed by atoms with Gasteiger partial charge in [0.1, 0.15) is 42.5 Å². The molecule has 51 heavy (non-hydrogen) atoms. The van der Waals surface area contributed by atoms with Crippen molar-refractivity contribution >= 4 is 37.6 Å². The minimum Gasteiger partial charge on any atom is -0.480 e. The van der Waals surface area contributed by atoms with Crippen LogP contribution < -0.4 is 45.0 Å². The van der Waals surface area contributed by atoms with Gasteiger partial charge >= 0.3 is 25.7 Å². The van der Waals surface area contributed by atoms with Crippen molar-refractivity contribution in [2.45, 2.75) is 87.5 Å². The average Bonchev–Trinajstić information content (AvgIpc) is 3.03. The van der Waals surface area contributed by atoms with E-state index in [9.17, 15) is 14.4 Å². The molecule has 0 aliphatic carbocycles. The minimum atomic E-state index is -4.64. The summed E-state index contributed by atoms with van der Waals surface area (Å²) < 4.78 is 8.88. The van der Waals surface area contributed by atoms with Crippen LogP contribution in [0, 0.1) is 10.8 Å². The van der Waals surface area contributed by atoms with Crippen LogP contribution in [-0.4, -0.2) is 166 Å². The predicted octanol–water partition coefficient (Wildman–Crippen LogP) is -7.66. The number of guanidine groups is 2. The Balaban J connectivity index is -0.000000177. The molecular weight excluding hydrogens is 715 g/mol. The van der Waals surface area contributed by atoms with E-state index in [-0.39, 0.29) is 11.9 Å².